The summed E-state index contributed by atoms with van der Waals surface area (Å²) in [6.45, 7) is 0.494. The Morgan fingerprint density at radius 2 is 1.57 bits per heavy atom. The van der Waals surface area contributed by atoms with E-state index in [0.29, 0.717) is 25.7 Å². The summed E-state index contributed by atoms with van der Waals surface area (Å²) in [5, 5.41) is 8.91. The zero-order valence-corrected chi connectivity index (χ0v) is 11.7. The van der Waals surface area contributed by atoms with Crippen LogP contribution in [0.1, 0.15) is 38.5 Å². The average Bonchev–Trinajstić information content (AvgIpc) is 2.45. The lowest BCUT2D eigenvalue weighted by molar-refractivity contribution is -0.201. The Kier molecular flexibility index (Phi) is 4.78. The molecule has 7 heteroatoms. The molecule has 2 rings (SSSR count). The van der Waals surface area contributed by atoms with E-state index in [1.165, 1.54) is 4.90 Å². The Labute approximate surface area is 121 Å². The normalized spacial score (nSPS) is 28.4. The second-order valence-electron chi connectivity index (χ2n) is 5.98. The number of hydrogen-bond donors (Lipinski definition) is 1. The molecule has 1 heterocycles. The van der Waals surface area contributed by atoms with Crippen molar-refractivity contribution in [3.63, 3.8) is 0 Å². The summed E-state index contributed by atoms with van der Waals surface area (Å²) in [5.74, 6) is -4.36. The fourth-order valence-corrected chi connectivity index (χ4v) is 3.40. The number of carboxylic acids is 1. The monoisotopic (exact) mass is 307 g/mol. The molecule has 0 unspecified atom stereocenters. The molecule has 1 amide bonds. The van der Waals surface area contributed by atoms with Crippen molar-refractivity contribution in [1.29, 1.82) is 0 Å². The van der Waals surface area contributed by atoms with Crippen molar-refractivity contribution >= 4 is 11.9 Å². The zero-order valence-electron chi connectivity index (χ0n) is 11.7. The Balaban J connectivity index is 2.00. The first kappa shape index (κ1) is 16.1. The van der Waals surface area contributed by atoms with Gasteiger partial charge in [0.05, 0.1) is 11.8 Å². The van der Waals surface area contributed by atoms with Gasteiger partial charge in [-0.3, -0.25) is 9.59 Å². The third-order valence-electron chi connectivity index (χ3n) is 4.66. The van der Waals surface area contributed by atoms with E-state index in [9.17, 15) is 22.8 Å². The lowest BCUT2D eigenvalue weighted by Gasteiger charge is -2.38. The summed E-state index contributed by atoms with van der Waals surface area (Å²) in [6.07, 6.45) is -2.23. The van der Waals surface area contributed by atoms with Gasteiger partial charge in [-0.2, -0.15) is 13.2 Å². The lowest BCUT2D eigenvalue weighted by Crippen LogP contribution is -2.47. The van der Waals surface area contributed by atoms with Crippen molar-refractivity contribution in [2.24, 2.45) is 17.8 Å². The Morgan fingerprint density at radius 1 is 1.00 bits per heavy atom. The van der Waals surface area contributed by atoms with Crippen LogP contribution in [-0.2, 0) is 9.59 Å². The molecule has 0 aromatic rings. The van der Waals surface area contributed by atoms with Crippen LogP contribution >= 0.6 is 0 Å². The second-order valence-corrected chi connectivity index (χ2v) is 5.98. The minimum atomic E-state index is -4.33. The van der Waals surface area contributed by atoms with Crippen molar-refractivity contribution in [2.45, 2.75) is 44.7 Å². The minimum absolute atomic E-state index is 0.0193. The van der Waals surface area contributed by atoms with Crippen LogP contribution in [-0.4, -0.2) is 41.1 Å². The van der Waals surface area contributed by atoms with E-state index in [1.807, 2.05) is 0 Å². The zero-order chi connectivity index (χ0) is 15.6. The van der Waals surface area contributed by atoms with E-state index in [1.54, 1.807) is 0 Å². The fourth-order valence-electron chi connectivity index (χ4n) is 3.40. The maximum absolute atomic E-state index is 13.0. The summed E-state index contributed by atoms with van der Waals surface area (Å²) >= 11 is 0. The van der Waals surface area contributed by atoms with Gasteiger partial charge in [0.15, 0.2) is 0 Å². The molecule has 4 nitrogen and oxygen atoms in total. The SMILES string of the molecule is O=C(O)C1CCN(C(=O)[C@@H]2CCCC[C@@H]2C(F)(F)F)CC1. The van der Waals surface area contributed by atoms with Gasteiger partial charge in [0.2, 0.25) is 5.91 Å². The number of rotatable bonds is 2. The van der Waals surface area contributed by atoms with Crippen molar-refractivity contribution in [2.75, 3.05) is 13.1 Å². The van der Waals surface area contributed by atoms with Gasteiger partial charge in [-0.05, 0) is 25.7 Å². The third kappa shape index (κ3) is 3.68. The Hall–Kier alpha value is -1.27. The van der Waals surface area contributed by atoms with E-state index >= 15 is 0 Å². The maximum atomic E-state index is 13.0. The molecule has 1 saturated heterocycles. The molecule has 1 N–H and O–H groups in total. The molecule has 0 aromatic heterocycles. The lowest BCUT2D eigenvalue weighted by atomic mass is 9.77. The number of halogens is 3. The van der Waals surface area contributed by atoms with Crippen molar-refractivity contribution in [3.05, 3.63) is 0 Å². The molecule has 0 spiro atoms. The highest BCUT2D eigenvalue weighted by molar-refractivity contribution is 5.80. The minimum Gasteiger partial charge on any atom is -0.481 e. The number of amides is 1. The number of alkyl halides is 3. The van der Waals surface area contributed by atoms with Crippen LogP contribution in [0.25, 0.3) is 0 Å². The predicted molar refractivity (Wildman–Crippen MR) is 68.4 cm³/mol. The second kappa shape index (κ2) is 6.23. The molecule has 1 aliphatic carbocycles. The first-order valence-corrected chi connectivity index (χ1v) is 7.39. The van der Waals surface area contributed by atoms with E-state index in [4.69, 9.17) is 5.11 Å². The third-order valence-corrected chi connectivity index (χ3v) is 4.66. The summed E-state index contributed by atoms with van der Waals surface area (Å²) in [4.78, 5) is 24.7. The molecule has 21 heavy (non-hydrogen) atoms. The van der Waals surface area contributed by atoms with Gasteiger partial charge in [-0.25, -0.2) is 0 Å². The van der Waals surface area contributed by atoms with Crippen LogP contribution in [0.5, 0.6) is 0 Å². The summed E-state index contributed by atoms with van der Waals surface area (Å²) in [5.41, 5.74) is 0. The maximum Gasteiger partial charge on any atom is 0.392 e. The van der Waals surface area contributed by atoms with Gasteiger partial charge in [-0.15, -0.1) is 0 Å². The molecule has 1 aliphatic heterocycles. The Bertz CT molecular complexity index is 403. The number of likely N-dealkylation sites (tertiary alicyclic amines) is 1. The van der Waals surface area contributed by atoms with E-state index in [-0.39, 0.29) is 25.9 Å². The smallest absolute Gasteiger partial charge is 0.392 e. The number of aliphatic carboxylic acids is 1. The number of hydrogen-bond acceptors (Lipinski definition) is 2. The number of nitrogens with zero attached hydrogens (tertiary/aromatic N) is 1. The van der Waals surface area contributed by atoms with Crippen LogP contribution in [0.2, 0.25) is 0 Å². The van der Waals surface area contributed by atoms with Crippen molar-refractivity contribution < 1.29 is 27.9 Å². The number of carboxylic acid groups (broad SMARTS) is 1. The van der Waals surface area contributed by atoms with Crippen LogP contribution in [0.15, 0.2) is 0 Å². The molecule has 120 valence electrons. The molecule has 0 radical (unpaired) electrons. The van der Waals surface area contributed by atoms with Crippen LogP contribution in [0, 0.1) is 17.8 Å². The van der Waals surface area contributed by atoms with Crippen LogP contribution in [0.3, 0.4) is 0 Å². The molecule has 2 atom stereocenters. The summed E-state index contributed by atoms with van der Waals surface area (Å²) in [7, 11) is 0. The predicted octanol–water partition coefficient (Wildman–Crippen LogP) is 2.68. The first-order chi connectivity index (χ1) is 9.80. The van der Waals surface area contributed by atoms with Gasteiger partial charge < -0.3 is 10.0 Å². The van der Waals surface area contributed by atoms with Gasteiger partial charge >= 0.3 is 12.1 Å². The standard InChI is InChI=1S/C14H20F3NO3/c15-14(16,17)11-4-2-1-3-10(11)12(19)18-7-5-9(6-8-18)13(20)21/h9-11H,1-8H2,(H,20,21)/t10-,11+/m1/s1. The highest BCUT2D eigenvalue weighted by atomic mass is 19.4. The first-order valence-electron chi connectivity index (χ1n) is 7.39. The largest absolute Gasteiger partial charge is 0.481 e. The quantitative estimate of drug-likeness (QED) is 0.853. The van der Waals surface area contributed by atoms with Gasteiger partial charge in [0, 0.05) is 19.0 Å². The van der Waals surface area contributed by atoms with Crippen LogP contribution < -0.4 is 0 Å². The van der Waals surface area contributed by atoms with Crippen molar-refractivity contribution in [1.82, 2.24) is 4.90 Å². The molecular formula is C14H20F3NO3. The molecule has 2 fully saturated rings. The topological polar surface area (TPSA) is 57.6 Å². The van der Waals surface area contributed by atoms with Gasteiger partial charge in [0.25, 0.3) is 0 Å². The van der Waals surface area contributed by atoms with E-state index in [2.05, 4.69) is 0 Å². The fraction of sp³-hybridized carbons (Fsp3) is 0.857. The number of carbonyl (C=O) groups excluding carboxylic acids is 1. The highest BCUT2D eigenvalue weighted by Crippen LogP contribution is 2.42. The number of carbonyl (C=O) groups is 2. The molecule has 0 aromatic carbocycles. The highest BCUT2D eigenvalue weighted by Gasteiger charge is 2.49. The molecular weight excluding hydrogens is 287 g/mol. The van der Waals surface area contributed by atoms with Crippen molar-refractivity contribution in [3.8, 4) is 0 Å². The van der Waals surface area contributed by atoms with Gasteiger partial charge in [-0.1, -0.05) is 12.8 Å². The average molecular weight is 307 g/mol. The number of piperidine rings is 1. The Morgan fingerprint density at radius 3 is 2.10 bits per heavy atom. The summed E-state index contributed by atoms with van der Waals surface area (Å²) in [6, 6.07) is 0. The van der Waals surface area contributed by atoms with E-state index < -0.39 is 35.8 Å². The van der Waals surface area contributed by atoms with Crippen LogP contribution in [0.4, 0.5) is 13.2 Å². The summed E-state index contributed by atoms with van der Waals surface area (Å²) < 4.78 is 39.1. The van der Waals surface area contributed by atoms with Gasteiger partial charge in [0.1, 0.15) is 0 Å². The molecule has 2 aliphatic rings. The molecule has 1 saturated carbocycles. The molecule has 0 bridgehead atoms. The van der Waals surface area contributed by atoms with E-state index in [0.717, 1.165) is 0 Å².